The minimum absolute atomic E-state index is 0.354. The lowest BCUT2D eigenvalue weighted by atomic mass is 9.75. The van der Waals surface area contributed by atoms with Crippen LogP contribution in [-0.2, 0) is 10.8 Å². The molecule has 0 bridgehead atoms. The summed E-state index contributed by atoms with van der Waals surface area (Å²) in [5.41, 5.74) is 5.30. The smallest absolute Gasteiger partial charge is 0.0930 e. The quantitative estimate of drug-likeness (QED) is 0.156. The fourth-order valence-corrected chi connectivity index (χ4v) is 20.8. The Balaban J connectivity index is 1.24. The van der Waals surface area contributed by atoms with Crippen molar-refractivity contribution in [1.29, 1.82) is 0 Å². The highest BCUT2D eigenvalue weighted by Gasteiger charge is 2.56. The van der Waals surface area contributed by atoms with Crippen LogP contribution in [0.25, 0.3) is 48.4 Å². The molecule has 0 amide bonds. The van der Waals surface area contributed by atoms with Crippen LogP contribution in [0.15, 0.2) is 95.7 Å². The maximum atomic E-state index is 2.56. The van der Waals surface area contributed by atoms with Crippen LogP contribution in [0.1, 0.15) is 61.3 Å². The molecule has 0 N–H and O–H groups in total. The van der Waals surface area contributed by atoms with E-state index >= 15 is 0 Å². The topological polar surface area (TPSA) is 0 Å². The molecule has 10 aromatic rings. The molecule has 12 rings (SSSR count). The predicted molar refractivity (Wildman–Crippen MR) is 247 cm³/mol. The largest absolute Gasteiger partial charge is 0.144 e. The van der Waals surface area contributed by atoms with Crippen LogP contribution in [0.5, 0.6) is 0 Å². The Bertz CT molecular complexity index is 2760. The third-order valence-corrected chi connectivity index (χ3v) is 22.7. The van der Waals surface area contributed by atoms with Crippen molar-refractivity contribution in [3.63, 3.8) is 0 Å². The van der Waals surface area contributed by atoms with E-state index in [4.69, 9.17) is 0 Å². The van der Waals surface area contributed by atoms with Crippen LogP contribution < -0.4 is 0 Å². The number of aryl methyl sites for hydroxylation is 4. The number of hydrogen-bond donors (Lipinski definition) is 0. The molecule has 0 saturated heterocycles. The van der Waals surface area contributed by atoms with E-state index in [1.807, 2.05) is 90.7 Å². The summed E-state index contributed by atoms with van der Waals surface area (Å²) in [5, 5.41) is 4.43. The molecule has 10 heterocycles. The second-order valence-corrected chi connectivity index (χ2v) is 25.3. The van der Waals surface area contributed by atoms with Crippen molar-refractivity contribution in [3.05, 3.63) is 157 Å². The van der Waals surface area contributed by atoms with Gasteiger partial charge in [-0.1, -0.05) is 12.1 Å². The van der Waals surface area contributed by atoms with E-state index in [1.54, 1.807) is 0 Å². The molecule has 264 valence electrons. The van der Waals surface area contributed by atoms with Crippen LogP contribution in [0.4, 0.5) is 0 Å². The maximum absolute atomic E-state index is 2.56. The standard InChI is InChI=1S/C44H28S10/c1-21-9-13-31(47-21)43(32-14-10-22(2)48-32)25-19-29(27-7-5-17-45-27)51-37(25)39-35(43)41-42(53-39)36-40(54-41)38-26(20-30(52-38)28-8-6-18-46-28)44(36,33-15-11-23(3)49-33)34-16-12-24(4)50-34/h5-20H,1-4H3. The van der Waals surface area contributed by atoms with Gasteiger partial charge in [0.05, 0.1) is 39.7 Å². The van der Waals surface area contributed by atoms with Crippen molar-refractivity contribution in [1.82, 2.24) is 0 Å². The van der Waals surface area contributed by atoms with Gasteiger partial charge in [0, 0.05) is 69.7 Å². The van der Waals surface area contributed by atoms with E-state index in [1.165, 1.54) is 110 Å². The van der Waals surface area contributed by atoms with E-state index < -0.39 is 0 Å². The molecule has 0 unspecified atom stereocenters. The van der Waals surface area contributed by atoms with Crippen LogP contribution in [0, 0.1) is 27.7 Å². The van der Waals surface area contributed by atoms with Gasteiger partial charge in [-0.15, -0.1) is 113 Å². The molecule has 0 fully saturated rings. The summed E-state index contributed by atoms with van der Waals surface area (Å²) in [7, 11) is 0. The molecule has 2 aliphatic rings. The SMILES string of the molecule is Cc1ccc(C2(c3ccc(C)s3)c3cc(-c4cccs4)sc3-c3sc4c5c(sc4c32)-c2sc(-c3cccs3)cc2C5(c2ccc(C)s2)c2ccc(C)s2)s1. The van der Waals surface area contributed by atoms with E-state index in [0.717, 1.165) is 0 Å². The van der Waals surface area contributed by atoms with Crippen LogP contribution in [0.3, 0.4) is 0 Å². The van der Waals surface area contributed by atoms with Gasteiger partial charge in [-0.25, -0.2) is 0 Å². The first-order chi connectivity index (χ1) is 26.3. The number of rotatable bonds is 6. The van der Waals surface area contributed by atoms with Crippen molar-refractivity contribution < 1.29 is 0 Å². The highest BCUT2D eigenvalue weighted by Crippen LogP contribution is 2.71. The average Bonchev–Trinajstić information content (AvgIpc) is 3.97. The summed E-state index contributed by atoms with van der Waals surface area (Å²) < 4.78 is 2.97. The summed E-state index contributed by atoms with van der Waals surface area (Å²) in [4.78, 5) is 22.6. The lowest BCUT2D eigenvalue weighted by Crippen LogP contribution is -2.26. The Hall–Kier alpha value is -2.74. The van der Waals surface area contributed by atoms with Crippen molar-refractivity contribution >= 4 is 123 Å². The van der Waals surface area contributed by atoms with Gasteiger partial charge in [-0.2, -0.15) is 0 Å². The van der Waals surface area contributed by atoms with E-state index in [0.29, 0.717) is 0 Å². The minimum Gasteiger partial charge on any atom is -0.144 e. The first kappa shape index (κ1) is 33.4. The number of hydrogen-bond acceptors (Lipinski definition) is 10. The second-order valence-electron chi connectivity index (χ2n) is 14.1. The molecule has 0 aromatic carbocycles. The Kier molecular flexibility index (Phi) is 7.36. The molecule has 10 heteroatoms. The average molecular weight is 877 g/mol. The summed E-state index contributed by atoms with van der Waals surface area (Å²) in [5.74, 6) is 0. The highest BCUT2D eigenvalue weighted by molar-refractivity contribution is 7.35. The molecular weight excluding hydrogens is 849 g/mol. The van der Waals surface area contributed by atoms with Crippen LogP contribution in [-0.4, -0.2) is 0 Å². The number of thiophene rings is 10. The third kappa shape index (κ3) is 4.30. The molecule has 0 aliphatic heterocycles. The zero-order valence-electron chi connectivity index (χ0n) is 29.3. The zero-order chi connectivity index (χ0) is 36.1. The summed E-state index contributed by atoms with van der Waals surface area (Å²) in [6.45, 7) is 9.09. The molecule has 0 nitrogen and oxygen atoms in total. The zero-order valence-corrected chi connectivity index (χ0v) is 37.5. The highest BCUT2D eigenvalue weighted by atomic mass is 32.1. The van der Waals surface area contributed by atoms with Gasteiger partial charge in [0.25, 0.3) is 0 Å². The Morgan fingerprint density at radius 1 is 0.370 bits per heavy atom. The molecule has 10 aromatic heterocycles. The predicted octanol–water partition coefficient (Wildman–Crippen LogP) is 16.7. The summed E-state index contributed by atoms with van der Waals surface area (Å²) in [6, 6.07) is 33.3. The van der Waals surface area contributed by atoms with Gasteiger partial charge in [0.2, 0.25) is 0 Å². The Labute approximate surface area is 353 Å². The molecule has 0 saturated carbocycles. The molecule has 54 heavy (non-hydrogen) atoms. The second kappa shape index (κ2) is 11.9. The van der Waals surface area contributed by atoms with Crippen molar-refractivity contribution in [3.8, 4) is 39.0 Å². The molecule has 2 aliphatic carbocycles. The summed E-state index contributed by atoms with van der Waals surface area (Å²) in [6.07, 6.45) is 0. The van der Waals surface area contributed by atoms with Gasteiger partial charge < -0.3 is 0 Å². The molecule has 0 spiro atoms. The van der Waals surface area contributed by atoms with Gasteiger partial charge >= 0.3 is 0 Å². The van der Waals surface area contributed by atoms with Gasteiger partial charge in [0.15, 0.2) is 0 Å². The van der Waals surface area contributed by atoms with Gasteiger partial charge in [-0.05, 0) is 122 Å². The van der Waals surface area contributed by atoms with E-state index in [2.05, 4.69) is 146 Å². The van der Waals surface area contributed by atoms with E-state index in [-0.39, 0.29) is 10.8 Å². The maximum Gasteiger partial charge on any atom is 0.0930 e. The number of fused-ring (bicyclic) bond motifs is 9. The van der Waals surface area contributed by atoms with Gasteiger partial charge in [-0.3, -0.25) is 0 Å². The van der Waals surface area contributed by atoms with Crippen molar-refractivity contribution in [2.75, 3.05) is 0 Å². The third-order valence-electron chi connectivity index (χ3n) is 10.9. The first-order valence-corrected chi connectivity index (χ1v) is 25.9. The Morgan fingerprint density at radius 2 is 0.741 bits per heavy atom. The molecule has 0 atom stereocenters. The van der Waals surface area contributed by atoms with Crippen molar-refractivity contribution in [2.45, 2.75) is 38.5 Å². The normalized spacial score (nSPS) is 15.0. The minimum atomic E-state index is -0.354. The van der Waals surface area contributed by atoms with Crippen LogP contribution in [0.2, 0.25) is 0 Å². The van der Waals surface area contributed by atoms with E-state index in [9.17, 15) is 0 Å². The lowest BCUT2D eigenvalue weighted by molar-refractivity contribution is 0.817. The lowest BCUT2D eigenvalue weighted by Gasteiger charge is -2.30. The molecular formula is C44H28S10. The Morgan fingerprint density at radius 3 is 1.04 bits per heavy atom. The fraction of sp³-hybridized carbons (Fsp3) is 0.136. The first-order valence-electron chi connectivity index (χ1n) is 17.6. The summed E-state index contributed by atoms with van der Waals surface area (Å²) >= 11 is 19.8. The molecule has 0 radical (unpaired) electrons. The van der Waals surface area contributed by atoms with Crippen molar-refractivity contribution in [2.24, 2.45) is 0 Å². The van der Waals surface area contributed by atoms with Gasteiger partial charge in [0.1, 0.15) is 0 Å². The fourth-order valence-electron chi connectivity index (χ4n) is 8.77. The van der Waals surface area contributed by atoms with Crippen LogP contribution >= 0.6 is 113 Å². The monoisotopic (exact) mass is 876 g/mol.